The van der Waals surface area contributed by atoms with Crippen LogP contribution in [0, 0.1) is 12.3 Å². The van der Waals surface area contributed by atoms with Gasteiger partial charge in [-0.05, 0) is 35.8 Å². The lowest BCUT2D eigenvalue weighted by molar-refractivity contribution is 0.445. The van der Waals surface area contributed by atoms with Crippen LogP contribution in [0.25, 0.3) is 0 Å². The maximum Gasteiger partial charge on any atom is 0.134 e. The van der Waals surface area contributed by atoms with Gasteiger partial charge in [0, 0.05) is 12.1 Å². The molecule has 0 aliphatic rings. The summed E-state index contributed by atoms with van der Waals surface area (Å²) in [6.07, 6.45) is 5.35. The zero-order chi connectivity index (χ0) is 11.5. The number of terminal acetylenes is 1. The van der Waals surface area contributed by atoms with Crippen molar-refractivity contribution < 1.29 is 5.11 Å². The first kappa shape index (κ1) is 12.1. The third-order valence-electron chi connectivity index (χ3n) is 2.15. The predicted octanol–water partition coefficient (Wildman–Crippen LogP) is 2.66. The summed E-state index contributed by atoms with van der Waals surface area (Å²) in [6.45, 7) is 4.38. The Morgan fingerprint density at radius 2 is 2.20 bits per heavy atom. The van der Waals surface area contributed by atoms with E-state index < -0.39 is 0 Å². The number of aromatic hydroxyl groups is 1. The minimum atomic E-state index is -0.366. The van der Waals surface area contributed by atoms with E-state index in [1.165, 1.54) is 0 Å². The predicted molar refractivity (Wildman–Crippen MR) is 65.6 cm³/mol. The summed E-state index contributed by atoms with van der Waals surface area (Å²) in [5.74, 6) is 2.90. The van der Waals surface area contributed by atoms with Gasteiger partial charge in [0.1, 0.15) is 5.75 Å². The normalized spacial score (nSPS) is 11.1. The van der Waals surface area contributed by atoms with Gasteiger partial charge in [-0.25, -0.2) is 0 Å². The molecule has 1 rings (SSSR count). The van der Waals surface area contributed by atoms with E-state index in [-0.39, 0.29) is 11.3 Å². The van der Waals surface area contributed by atoms with Gasteiger partial charge in [-0.2, -0.15) is 0 Å². The molecule has 0 heterocycles. The van der Waals surface area contributed by atoms with Gasteiger partial charge in [0.2, 0.25) is 0 Å². The van der Waals surface area contributed by atoms with E-state index in [0.29, 0.717) is 11.0 Å². The minimum Gasteiger partial charge on any atom is -0.506 e. The van der Waals surface area contributed by atoms with Crippen molar-refractivity contribution in [3.63, 3.8) is 0 Å². The van der Waals surface area contributed by atoms with Gasteiger partial charge >= 0.3 is 0 Å². The SMILES string of the molecule is C#CC(C)(C)NCc1cccc(Br)c1O. The third kappa shape index (κ3) is 3.26. The zero-order valence-corrected chi connectivity index (χ0v) is 10.4. The highest BCUT2D eigenvalue weighted by Crippen LogP contribution is 2.27. The molecule has 2 nitrogen and oxygen atoms in total. The molecule has 0 saturated heterocycles. The zero-order valence-electron chi connectivity index (χ0n) is 8.84. The molecule has 0 fully saturated rings. The molecule has 0 spiro atoms. The van der Waals surface area contributed by atoms with E-state index in [1.54, 1.807) is 6.07 Å². The molecule has 1 aromatic carbocycles. The van der Waals surface area contributed by atoms with Gasteiger partial charge in [0.25, 0.3) is 0 Å². The van der Waals surface area contributed by atoms with Crippen molar-refractivity contribution in [1.29, 1.82) is 0 Å². The van der Waals surface area contributed by atoms with E-state index in [1.807, 2.05) is 26.0 Å². The lowest BCUT2D eigenvalue weighted by Crippen LogP contribution is -2.36. The Bertz CT molecular complexity index is 393. The molecule has 0 atom stereocenters. The van der Waals surface area contributed by atoms with Crippen LogP contribution in [0.1, 0.15) is 19.4 Å². The van der Waals surface area contributed by atoms with Crippen molar-refractivity contribution in [3.05, 3.63) is 28.2 Å². The highest BCUT2D eigenvalue weighted by molar-refractivity contribution is 9.10. The number of halogens is 1. The lowest BCUT2D eigenvalue weighted by Gasteiger charge is -2.20. The maximum atomic E-state index is 9.73. The second-order valence-electron chi connectivity index (χ2n) is 3.87. The van der Waals surface area contributed by atoms with Crippen LogP contribution < -0.4 is 5.32 Å². The van der Waals surface area contributed by atoms with E-state index >= 15 is 0 Å². The molecule has 80 valence electrons. The van der Waals surface area contributed by atoms with Crippen molar-refractivity contribution in [2.45, 2.75) is 25.9 Å². The summed E-state index contributed by atoms with van der Waals surface area (Å²) in [7, 11) is 0. The number of benzene rings is 1. The Morgan fingerprint density at radius 3 is 2.80 bits per heavy atom. The molecule has 15 heavy (non-hydrogen) atoms. The summed E-state index contributed by atoms with van der Waals surface area (Å²) in [4.78, 5) is 0. The molecular formula is C12H14BrNO. The minimum absolute atomic E-state index is 0.262. The number of nitrogens with one attached hydrogen (secondary N) is 1. The van der Waals surface area contributed by atoms with Crippen molar-refractivity contribution in [3.8, 4) is 18.1 Å². The Labute approximate surface area is 98.8 Å². The summed E-state index contributed by atoms with van der Waals surface area (Å²) in [6, 6.07) is 5.54. The van der Waals surface area contributed by atoms with Crippen molar-refractivity contribution in [2.75, 3.05) is 0 Å². The molecule has 0 aromatic heterocycles. The van der Waals surface area contributed by atoms with Crippen molar-refractivity contribution >= 4 is 15.9 Å². The van der Waals surface area contributed by atoms with Crippen LogP contribution in [0.3, 0.4) is 0 Å². The summed E-state index contributed by atoms with van der Waals surface area (Å²) < 4.78 is 0.695. The second kappa shape index (κ2) is 4.69. The Kier molecular flexibility index (Phi) is 3.78. The topological polar surface area (TPSA) is 32.3 Å². The smallest absolute Gasteiger partial charge is 0.134 e. The Morgan fingerprint density at radius 1 is 1.53 bits per heavy atom. The molecule has 0 aliphatic heterocycles. The largest absolute Gasteiger partial charge is 0.506 e. The number of hydrogen-bond acceptors (Lipinski definition) is 2. The first-order valence-electron chi connectivity index (χ1n) is 4.65. The standard InChI is InChI=1S/C12H14BrNO/c1-4-12(2,3)14-8-9-6-5-7-10(13)11(9)15/h1,5-7,14-15H,8H2,2-3H3. The van der Waals surface area contributed by atoms with Gasteiger partial charge in [-0.1, -0.05) is 18.1 Å². The van der Waals surface area contributed by atoms with Gasteiger partial charge in [-0.3, -0.25) is 5.32 Å². The first-order chi connectivity index (χ1) is 6.96. The van der Waals surface area contributed by atoms with Crippen LogP contribution in [-0.2, 0) is 6.54 Å². The monoisotopic (exact) mass is 267 g/mol. The van der Waals surface area contributed by atoms with Crippen molar-refractivity contribution in [1.82, 2.24) is 5.32 Å². The molecular weight excluding hydrogens is 254 g/mol. The number of hydrogen-bond donors (Lipinski definition) is 2. The molecule has 1 aromatic rings. The number of phenolic OH excluding ortho intramolecular Hbond substituents is 1. The molecule has 0 unspecified atom stereocenters. The van der Waals surface area contributed by atoms with Gasteiger partial charge < -0.3 is 5.11 Å². The highest BCUT2D eigenvalue weighted by Gasteiger charge is 2.13. The van der Waals surface area contributed by atoms with Crippen LogP contribution in [-0.4, -0.2) is 10.6 Å². The highest BCUT2D eigenvalue weighted by atomic mass is 79.9. The summed E-state index contributed by atoms with van der Waals surface area (Å²) in [5, 5.41) is 12.9. The summed E-state index contributed by atoms with van der Waals surface area (Å²) >= 11 is 3.27. The number of para-hydroxylation sites is 1. The fraction of sp³-hybridized carbons (Fsp3) is 0.333. The van der Waals surface area contributed by atoms with E-state index in [4.69, 9.17) is 6.42 Å². The van der Waals surface area contributed by atoms with Crippen LogP contribution in [0.4, 0.5) is 0 Å². The quantitative estimate of drug-likeness (QED) is 0.826. The van der Waals surface area contributed by atoms with Gasteiger partial charge in [0.15, 0.2) is 0 Å². The average molecular weight is 268 g/mol. The van der Waals surface area contributed by atoms with E-state index in [2.05, 4.69) is 27.2 Å². The molecule has 0 saturated carbocycles. The van der Waals surface area contributed by atoms with E-state index in [9.17, 15) is 5.11 Å². The molecule has 0 radical (unpaired) electrons. The molecule has 0 amide bonds. The van der Waals surface area contributed by atoms with Gasteiger partial charge in [0.05, 0.1) is 10.0 Å². The van der Waals surface area contributed by atoms with Crippen LogP contribution in [0.15, 0.2) is 22.7 Å². The summed E-state index contributed by atoms with van der Waals surface area (Å²) in [5.41, 5.74) is 0.460. The number of phenols is 1. The molecule has 0 aliphatic carbocycles. The van der Waals surface area contributed by atoms with E-state index in [0.717, 1.165) is 5.56 Å². The number of rotatable bonds is 3. The molecule has 0 bridgehead atoms. The fourth-order valence-corrected chi connectivity index (χ4v) is 1.48. The Balaban J connectivity index is 2.75. The van der Waals surface area contributed by atoms with Crippen LogP contribution in [0.5, 0.6) is 5.75 Å². The Hall–Kier alpha value is -0.980. The van der Waals surface area contributed by atoms with Crippen LogP contribution in [0.2, 0.25) is 0 Å². The second-order valence-corrected chi connectivity index (χ2v) is 4.72. The third-order valence-corrected chi connectivity index (χ3v) is 2.79. The lowest BCUT2D eigenvalue weighted by atomic mass is 10.1. The van der Waals surface area contributed by atoms with Gasteiger partial charge in [-0.15, -0.1) is 6.42 Å². The van der Waals surface area contributed by atoms with Crippen molar-refractivity contribution in [2.24, 2.45) is 0 Å². The molecule has 3 heteroatoms. The van der Waals surface area contributed by atoms with Crippen LogP contribution >= 0.6 is 15.9 Å². The average Bonchev–Trinajstić information content (AvgIpc) is 2.20. The molecule has 2 N–H and O–H groups in total. The fourth-order valence-electron chi connectivity index (χ4n) is 1.07. The first-order valence-corrected chi connectivity index (χ1v) is 5.45. The maximum absolute atomic E-state index is 9.73.